The highest BCUT2D eigenvalue weighted by atomic mass is 16.6. The van der Waals surface area contributed by atoms with Crippen molar-refractivity contribution in [3.8, 4) is 11.5 Å². The number of ether oxygens (including phenoxy) is 3. The van der Waals surface area contributed by atoms with Crippen LogP contribution in [0.2, 0.25) is 0 Å². The van der Waals surface area contributed by atoms with Gasteiger partial charge in [-0.1, -0.05) is 19.1 Å². The third kappa shape index (κ3) is 3.83. The van der Waals surface area contributed by atoms with Crippen molar-refractivity contribution in [2.75, 3.05) is 49.7 Å². The summed E-state index contributed by atoms with van der Waals surface area (Å²) in [5.74, 6) is 3.17. The smallest absolute Gasteiger partial charge is 0.227 e. The van der Waals surface area contributed by atoms with Crippen LogP contribution >= 0.6 is 0 Å². The minimum Gasteiger partial charge on any atom is -0.486 e. The molecule has 0 spiro atoms. The summed E-state index contributed by atoms with van der Waals surface area (Å²) < 4.78 is 17.2. The fraction of sp³-hybridized carbons (Fsp3) is 0.474. The van der Waals surface area contributed by atoms with Crippen molar-refractivity contribution in [3.05, 3.63) is 36.0 Å². The molecular formula is C19H24N4O3. The van der Waals surface area contributed by atoms with Crippen molar-refractivity contribution in [1.29, 1.82) is 0 Å². The summed E-state index contributed by atoms with van der Waals surface area (Å²) in [5, 5.41) is 3.39. The Bertz CT molecular complexity index is 749. The number of hydrogen-bond donors (Lipinski definition) is 1. The van der Waals surface area contributed by atoms with E-state index in [9.17, 15) is 0 Å². The first kappa shape index (κ1) is 16.9. The van der Waals surface area contributed by atoms with Gasteiger partial charge in [0.2, 0.25) is 5.95 Å². The van der Waals surface area contributed by atoms with E-state index in [1.165, 1.54) is 0 Å². The Labute approximate surface area is 153 Å². The summed E-state index contributed by atoms with van der Waals surface area (Å²) in [4.78, 5) is 11.5. The minimum atomic E-state index is -0.0585. The second kappa shape index (κ2) is 7.78. The topological polar surface area (TPSA) is 68.7 Å². The van der Waals surface area contributed by atoms with Gasteiger partial charge in [-0.3, -0.25) is 0 Å². The van der Waals surface area contributed by atoms with Gasteiger partial charge in [0, 0.05) is 24.8 Å². The van der Waals surface area contributed by atoms with Gasteiger partial charge in [0.05, 0.1) is 19.8 Å². The Balaban J connectivity index is 1.43. The molecule has 7 nitrogen and oxygen atoms in total. The van der Waals surface area contributed by atoms with Gasteiger partial charge in [0.15, 0.2) is 11.5 Å². The second-order valence-corrected chi connectivity index (χ2v) is 6.38. The van der Waals surface area contributed by atoms with E-state index >= 15 is 0 Å². The molecule has 26 heavy (non-hydrogen) atoms. The van der Waals surface area contributed by atoms with Crippen LogP contribution in [0.15, 0.2) is 30.3 Å². The van der Waals surface area contributed by atoms with Crippen molar-refractivity contribution in [2.24, 2.45) is 0 Å². The third-order valence-electron chi connectivity index (χ3n) is 4.50. The van der Waals surface area contributed by atoms with E-state index in [1.54, 1.807) is 0 Å². The van der Waals surface area contributed by atoms with E-state index < -0.39 is 0 Å². The summed E-state index contributed by atoms with van der Waals surface area (Å²) >= 11 is 0. The van der Waals surface area contributed by atoms with Crippen LogP contribution in [0.5, 0.6) is 11.5 Å². The number of fused-ring (bicyclic) bond motifs is 1. The average molecular weight is 356 g/mol. The lowest BCUT2D eigenvalue weighted by Gasteiger charge is -2.28. The normalized spacial score (nSPS) is 19.3. The van der Waals surface area contributed by atoms with E-state index in [1.807, 2.05) is 30.3 Å². The van der Waals surface area contributed by atoms with Crippen molar-refractivity contribution >= 4 is 11.8 Å². The highest BCUT2D eigenvalue weighted by Gasteiger charge is 2.21. The van der Waals surface area contributed by atoms with Crippen LogP contribution in [0.1, 0.15) is 12.6 Å². The number of rotatable bonds is 5. The van der Waals surface area contributed by atoms with Gasteiger partial charge in [-0.2, -0.15) is 4.98 Å². The fourth-order valence-electron chi connectivity index (χ4n) is 3.04. The Hall–Kier alpha value is -2.54. The molecule has 1 aromatic carbocycles. The standard InChI is InChI=1S/C19H24N4O3/c1-2-14-11-18(22-19(21-14)23-7-9-24-10-8-23)20-12-15-13-25-16-5-3-4-6-17(16)26-15/h3-6,11,15H,2,7-10,12-13H2,1H3,(H,20,21,22). The van der Waals surface area contributed by atoms with Crippen molar-refractivity contribution < 1.29 is 14.2 Å². The molecule has 1 saturated heterocycles. The molecule has 7 heteroatoms. The highest BCUT2D eigenvalue weighted by Crippen LogP contribution is 2.30. The number of hydrogen-bond acceptors (Lipinski definition) is 7. The maximum atomic E-state index is 6.00. The van der Waals surface area contributed by atoms with Gasteiger partial charge in [-0.25, -0.2) is 4.98 Å². The number of morpholine rings is 1. The zero-order chi connectivity index (χ0) is 17.8. The quantitative estimate of drug-likeness (QED) is 0.880. The van der Waals surface area contributed by atoms with E-state index in [-0.39, 0.29) is 6.10 Å². The van der Waals surface area contributed by atoms with Gasteiger partial charge in [0.25, 0.3) is 0 Å². The molecule has 0 aliphatic carbocycles. The van der Waals surface area contributed by atoms with Crippen molar-refractivity contribution in [2.45, 2.75) is 19.4 Å². The molecule has 0 bridgehead atoms. The van der Waals surface area contributed by atoms with Crippen molar-refractivity contribution in [1.82, 2.24) is 9.97 Å². The van der Waals surface area contributed by atoms with Crippen LogP contribution in [-0.2, 0) is 11.2 Å². The molecule has 0 radical (unpaired) electrons. The first-order valence-corrected chi connectivity index (χ1v) is 9.15. The number of nitrogens with zero attached hydrogens (tertiary/aromatic N) is 3. The van der Waals surface area contributed by atoms with Gasteiger partial charge < -0.3 is 24.4 Å². The lowest BCUT2D eigenvalue weighted by molar-refractivity contribution is 0.0997. The van der Waals surface area contributed by atoms with E-state index in [4.69, 9.17) is 14.2 Å². The molecule has 1 fully saturated rings. The summed E-state index contributed by atoms with van der Waals surface area (Å²) in [6, 6.07) is 9.75. The van der Waals surface area contributed by atoms with E-state index in [0.717, 1.165) is 61.7 Å². The number of aryl methyl sites for hydroxylation is 1. The Morgan fingerprint density at radius 1 is 1.15 bits per heavy atom. The lowest BCUT2D eigenvalue weighted by atomic mass is 10.2. The fourth-order valence-corrected chi connectivity index (χ4v) is 3.04. The van der Waals surface area contributed by atoms with Crippen LogP contribution in [-0.4, -0.2) is 55.5 Å². The monoisotopic (exact) mass is 356 g/mol. The summed E-state index contributed by atoms with van der Waals surface area (Å²) in [5.41, 5.74) is 1.02. The molecule has 1 atom stereocenters. The largest absolute Gasteiger partial charge is 0.486 e. The molecule has 2 aliphatic rings. The Kier molecular flexibility index (Phi) is 5.06. The molecule has 1 unspecified atom stereocenters. The third-order valence-corrected chi connectivity index (χ3v) is 4.50. The summed E-state index contributed by atoms with van der Waals surface area (Å²) in [6.07, 6.45) is 0.807. The highest BCUT2D eigenvalue weighted by molar-refractivity contribution is 5.45. The molecule has 2 aliphatic heterocycles. The molecule has 0 amide bonds. The summed E-state index contributed by atoms with van der Waals surface area (Å²) in [6.45, 7) is 6.32. The molecular weight excluding hydrogens is 332 g/mol. The minimum absolute atomic E-state index is 0.0585. The van der Waals surface area contributed by atoms with Gasteiger partial charge in [-0.15, -0.1) is 0 Å². The molecule has 4 rings (SSSR count). The number of aromatic nitrogens is 2. The molecule has 0 saturated carbocycles. The van der Waals surface area contributed by atoms with Crippen LogP contribution < -0.4 is 19.7 Å². The van der Waals surface area contributed by atoms with Crippen LogP contribution in [0.4, 0.5) is 11.8 Å². The number of para-hydroxylation sites is 2. The lowest BCUT2D eigenvalue weighted by Crippen LogP contribution is -2.38. The first-order chi connectivity index (χ1) is 12.8. The first-order valence-electron chi connectivity index (χ1n) is 9.15. The Morgan fingerprint density at radius 2 is 1.96 bits per heavy atom. The predicted molar refractivity (Wildman–Crippen MR) is 99.3 cm³/mol. The number of benzene rings is 1. The average Bonchev–Trinajstić information content (AvgIpc) is 2.72. The van der Waals surface area contributed by atoms with Gasteiger partial charge in [0.1, 0.15) is 18.5 Å². The molecule has 138 valence electrons. The molecule has 1 aromatic heterocycles. The zero-order valence-electron chi connectivity index (χ0n) is 15.0. The zero-order valence-corrected chi connectivity index (χ0v) is 15.0. The molecule has 2 aromatic rings. The molecule has 1 N–H and O–H groups in total. The van der Waals surface area contributed by atoms with E-state index in [2.05, 4.69) is 27.1 Å². The van der Waals surface area contributed by atoms with Crippen LogP contribution in [0.25, 0.3) is 0 Å². The SMILES string of the molecule is CCc1cc(NCC2COc3ccccc3O2)nc(N2CCOCC2)n1. The summed E-state index contributed by atoms with van der Waals surface area (Å²) in [7, 11) is 0. The predicted octanol–water partition coefficient (Wildman–Crippen LogP) is 2.13. The number of nitrogens with one attached hydrogen (secondary N) is 1. The van der Waals surface area contributed by atoms with Gasteiger partial charge >= 0.3 is 0 Å². The van der Waals surface area contributed by atoms with E-state index in [0.29, 0.717) is 13.2 Å². The number of anilines is 2. The Morgan fingerprint density at radius 3 is 2.77 bits per heavy atom. The van der Waals surface area contributed by atoms with Crippen LogP contribution in [0.3, 0.4) is 0 Å². The maximum absolute atomic E-state index is 6.00. The van der Waals surface area contributed by atoms with Crippen molar-refractivity contribution in [3.63, 3.8) is 0 Å². The maximum Gasteiger partial charge on any atom is 0.227 e. The molecule has 3 heterocycles. The van der Waals surface area contributed by atoms with Crippen LogP contribution in [0, 0.1) is 0 Å². The van der Waals surface area contributed by atoms with Gasteiger partial charge in [-0.05, 0) is 18.6 Å². The second-order valence-electron chi connectivity index (χ2n) is 6.38.